The van der Waals surface area contributed by atoms with Gasteiger partial charge in [-0.3, -0.25) is 14.5 Å². The van der Waals surface area contributed by atoms with Gasteiger partial charge in [0.25, 0.3) is 0 Å². The van der Waals surface area contributed by atoms with Gasteiger partial charge in [-0.05, 0) is 18.6 Å². The van der Waals surface area contributed by atoms with Gasteiger partial charge in [-0.1, -0.05) is 18.2 Å². The highest BCUT2D eigenvalue weighted by molar-refractivity contribution is 7.11. The minimum Gasteiger partial charge on any atom is -0.333 e. The first kappa shape index (κ1) is 17.1. The molecule has 0 unspecified atom stereocenters. The number of thiazole rings is 1. The van der Waals surface area contributed by atoms with Crippen molar-refractivity contribution < 1.29 is 14.4 Å². The second kappa shape index (κ2) is 7.43. The molecule has 3 rings (SSSR count). The molecule has 1 saturated heterocycles. The average Bonchev–Trinajstić information content (AvgIpc) is 3.15. The summed E-state index contributed by atoms with van der Waals surface area (Å²) in [6.07, 6.45) is 2.24. The van der Waals surface area contributed by atoms with Crippen LogP contribution >= 0.6 is 11.3 Å². The van der Waals surface area contributed by atoms with E-state index in [0.29, 0.717) is 12.2 Å². The number of urea groups is 1. The Hall–Kier alpha value is -2.74. The van der Waals surface area contributed by atoms with Gasteiger partial charge in [0, 0.05) is 29.6 Å². The van der Waals surface area contributed by atoms with E-state index in [0.717, 1.165) is 15.4 Å². The monoisotopic (exact) mass is 358 g/mol. The van der Waals surface area contributed by atoms with Crippen LogP contribution in [0.4, 0.5) is 10.5 Å². The van der Waals surface area contributed by atoms with Crippen molar-refractivity contribution in [3.63, 3.8) is 0 Å². The number of carbonyl (C=O) groups is 3. The van der Waals surface area contributed by atoms with Crippen LogP contribution in [0.5, 0.6) is 0 Å². The maximum Gasteiger partial charge on any atom is 0.319 e. The van der Waals surface area contributed by atoms with Crippen LogP contribution in [0, 0.1) is 6.92 Å². The predicted molar refractivity (Wildman–Crippen MR) is 93.9 cm³/mol. The number of aromatic nitrogens is 1. The van der Waals surface area contributed by atoms with Crippen molar-refractivity contribution in [3.8, 4) is 0 Å². The predicted octanol–water partition coefficient (Wildman–Crippen LogP) is 2.42. The van der Waals surface area contributed by atoms with Gasteiger partial charge < -0.3 is 10.6 Å². The molecule has 1 aromatic heterocycles. The molecular formula is C17H18N4O3S. The standard InChI is InChI=1S/C17H18N4O3S/c1-11-18-8-13(25-11)9-19-17(24)20-14-5-3-2-4-12(14)10-21-15(22)6-7-16(21)23/h2-5,8H,6-7,9-10H2,1H3,(H2,19,20,24). The molecule has 0 bridgehead atoms. The summed E-state index contributed by atoms with van der Waals surface area (Å²) in [6, 6.07) is 6.79. The van der Waals surface area contributed by atoms with E-state index in [1.54, 1.807) is 24.4 Å². The normalized spacial score (nSPS) is 14.0. The van der Waals surface area contributed by atoms with Crippen LogP contribution in [0.2, 0.25) is 0 Å². The zero-order chi connectivity index (χ0) is 17.8. The van der Waals surface area contributed by atoms with Crippen molar-refractivity contribution in [2.45, 2.75) is 32.9 Å². The summed E-state index contributed by atoms with van der Waals surface area (Å²) in [5, 5.41) is 6.49. The van der Waals surface area contributed by atoms with Gasteiger partial charge in [-0.25, -0.2) is 9.78 Å². The summed E-state index contributed by atoms with van der Waals surface area (Å²) in [7, 11) is 0. The van der Waals surface area contributed by atoms with Crippen LogP contribution < -0.4 is 10.6 Å². The number of para-hydroxylation sites is 1. The number of nitrogens with one attached hydrogen (secondary N) is 2. The van der Waals surface area contributed by atoms with E-state index in [2.05, 4.69) is 15.6 Å². The van der Waals surface area contributed by atoms with Gasteiger partial charge >= 0.3 is 6.03 Å². The first-order valence-corrected chi connectivity index (χ1v) is 8.72. The number of imide groups is 1. The number of rotatable bonds is 5. The molecule has 8 heteroatoms. The Labute approximate surface area is 149 Å². The molecule has 0 aliphatic carbocycles. The number of hydrogen-bond acceptors (Lipinski definition) is 5. The van der Waals surface area contributed by atoms with Gasteiger partial charge in [0.05, 0.1) is 18.1 Å². The van der Waals surface area contributed by atoms with Crippen LogP contribution in [0.3, 0.4) is 0 Å². The third kappa shape index (κ3) is 4.21. The largest absolute Gasteiger partial charge is 0.333 e. The molecule has 1 fully saturated rings. The zero-order valence-corrected chi connectivity index (χ0v) is 14.6. The molecule has 1 aliphatic heterocycles. The topological polar surface area (TPSA) is 91.4 Å². The summed E-state index contributed by atoms with van der Waals surface area (Å²) in [5.74, 6) is -0.352. The van der Waals surface area contributed by atoms with E-state index in [9.17, 15) is 14.4 Å². The molecule has 4 amide bonds. The van der Waals surface area contributed by atoms with Crippen LogP contribution in [0.15, 0.2) is 30.5 Å². The Bertz CT molecular complexity index is 802. The number of anilines is 1. The molecule has 2 heterocycles. The Morgan fingerprint density at radius 2 is 1.96 bits per heavy atom. The zero-order valence-electron chi connectivity index (χ0n) is 13.7. The Morgan fingerprint density at radius 3 is 2.64 bits per heavy atom. The second-order valence-corrected chi connectivity index (χ2v) is 7.00. The minimum atomic E-state index is -0.349. The molecule has 130 valence electrons. The molecule has 2 aromatic rings. The summed E-state index contributed by atoms with van der Waals surface area (Å²) in [4.78, 5) is 42.0. The lowest BCUT2D eigenvalue weighted by molar-refractivity contribution is -0.139. The smallest absolute Gasteiger partial charge is 0.319 e. The van der Waals surface area contributed by atoms with Gasteiger partial charge in [0.15, 0.2) is 0 Å². The van der Waals surface area contributed by atoms with Crippen LogP contribution in [0.1, 0.15) is 28.3 Å². The fourth-order valence-electron chi connectivity index (χ4n) is 2.57. The van der Waals surface area contributed by atoms with Crippen molar-refractivity contribution in [1.82, 2.24) is 15.2 Å². The first-order chi connectivity index (χ1) is 12.0. The number of benzene rings is 1. The van der Waals surface area contributed by atoms with Crippen LogP contribution in [-0.4, -0.2) is 27.7 Å². The number of nitrogens with zero attached hydrogens (tertiary/aromatic N) is 2. The van der Waals surface area contributed by atoms with E-state index >= 15 is 0 Å². The first-order valence-electron chi connectivity index (χ1n) is 7.90. The average molecular weight is 358 g/mol. The highest BCUT2D eigenvalue weighted by Crippen LogP contribution is 2.21. The SMILES string of the molecule is Cc1ncc(CNC(=O)Nc2ccccc2CN2C(=O)CCC2=O)s1. The van der Waals surface area contributed by atoms with Gasteiger partial charge in [0.1, 0.15) is 0 Å². The lowest BCUT2D eigenvalue weighted by Crippen LogP contribution is -2.31. The highest BCUT2D eigenvalue weighted by atomic mass is 32.1. The van der Waals surface area contributed by atoms with Crippen LogP contribution in [-0.2, 0) is 22.7 Å². The molecule has 0 saturated carbocycles. The Morgan fingerprint density at radius 1 is 1.24 bits per heavy atom. The fourth-order valence-corrected chi connectivity index (χ4v) is 3.31. The quantitative estimate of drug-likeness (QED) is 0.803. The molecule has 1 aliphatic rings. The van der Waals surface area contributed by atoms with Crippen molar-refractivity contribution in [2.75, 3.05) is 5.32 Å². The summed E-state index contributed by atoms with van der Waals surface area (Å²) >= 11 is 1.53. The van der Waals surface area contributed by atoms with Gasteiger partial charge in [0.2, 0.25) is 11.8 Å². The highest BCUT2D eigenvalue weighted by Gasteiger charge is 2.29. The molecule has 7 nitrogen and oxygen atoms in total. The van der Waals surface area contributed by atoms with Crippen molar-refractivity contribution in [1.29, 1.82) is 0 Å². The third-order valence-electron chi connectivity index (χ3n) is 3.84. The fraction of sp³-hybridized carbons (Fsp3) is 0.294. The van der Waals surface area contributed by atoms with Crippen molar-refractivity contribution in [2.24, 2.45) is 0 Å². The Balaban J connectivity index is 1.63. The molecule has 1 aromatic carbocycles. The van der Waals surface area contributed by atoms with E-state index < -0.39 is 0 Å². The number of hydrogen-bond donors (Lipinski definition) is 2. The maximum atomic E-state index is 12.1. The Kier molecular flexibility index (Phi) is 5.08. The lowest BCUT2D eigenvalue weighted by atomic mass is 10.1. The van der Waals surface area contributed by atoms with E-state index in [1.165, 1.54) is 16.2 Å². The number of carbonyl (C=O) groups excluding carboxylic acids is 3. The number of amides is 4. The van der Waals surface area contributed by atoms with E-state index in [-0.39, 0.29) is 37.2 Å². The summed E-state index contributed by atoms with van der Waals surface area (Å²) in [5.41, 5.74) is 1.29. The second-order valence-electron chi connectivity index (χ2n) is 5.68. The third-order valence-corrected chi connectivity index (χ3v) is 4.75. The molecule has 0 atom stereocenters. The van der Waals surface area contributed by atoms with E-state index in [4.69, 9.17) is 0 Å². The van der Waals surface area contributed by atoms with Gasteiger partial charge in [-0.15, -0.1) is 11.3 Å². The number of likely N-dealkylation sites (tertiary alicyclic amines) is 1. The number of aryl methyl sites for hydroxylation is 1. The molecular weight excluding hydrogens is 340 g/mol. The summed E-state index contributed by atoms with van der Waals surface area (Å²) in [6.45, 7) is 2.47. The molecule has 0 radical (unpaired) electrons. The van der Waals surface area contributed by atoms with Gasteiger partial charge in [-0.2, -0.15) is 0 Å². The summed E-state index contributed by atoms with van der Waals surface area (Å²) < 4.78 is 0. The maximum absolute atomic E-state index is 12.1. The van der Waals surface area contributed by atoms with Crippen molar-refractivity contribution in [3.05, 3.63) is 45.9 Å². The van der Waals surface area contributed by atoms with Crippen molar-refractivity contribution >= 4 is 34.9 Å². The molecule has 25 heavy (non-hydrogen) atoms. The molecule has 2 N–H and O–H groups in total. The van der Waals surface area contributed by atoms with Crippen LogP contribution in [0.25, 0.3) is 0 Å². The van der Waals surface area contributed by atoms with E-state index in [1.807, 2.05) is 13.0 Å². The molecule has 0 spiro atoms. The lowest BCUT2D eigenvalue weighted by Gasteiger charge is -2.17. The minimum absolute atomic E-state index is 0.169.